The molecule has 0 aromatic rings. The van der Waals surface area contributed by atoms with E-state index in [4.69, 9.17) is 0 Å². The lowest BCUT2D eigenvalue weighted by Gasteiger charge is -2.22. The van der Waals surface area contributed by atoms with Gasteiger partial charge in [0.05, 0.1) is 0 Å². The average Bonchev–Trinajstić information content (AvgIpc) is 2.20. The summed E-state index contributed by atoms with van der Waals surface area (Å²) in [5, 5.41) is 5.43. The van der Waals surface area contributed by atoms with Gasteiger partial charge < -0.3 is 10.6 Å². The number of alkyl halides is 2. The van der Waals surface area contributed by atoms with E-state index >= 15 is 0 Å². The minimum absolute atomic E-state index is 0.149. The molecule has 4 heteroatoms. The summed E-state index contributed by atoms with van der Waals surface area (Å²) in [5.74, 6) is 0. The van der Waals surface area contributed by atoms with Crippen molar-refractivity contribution in [3.8, 4) is 0 Å². The molecule has 2 rings (SSSR count). The SMILES string of the molecule is FC12CNCC1(F)CNC2. The Kier molecular flexibility index (Phi) is 1.09. The van der Waals surface area contributed by atoms with Crippen LogP contribution in [0.3, 0.4) is 0 Å². The molecule has 0 aliphatic carbocycles. The van der Waals surface area contributed by atoms with Crippen molar-refractivity contribution in [3.05, 3.63) is 0 Å². The van der Waals surface area contributed by atoms with Crippen molar-refractivity contribution < 1.29 is 8.78 Å². The molecule has 0 unspecified atom stereocenters. The number of rotatable bonds is 0. The Hall–Kier alpha value is -0.220. The molecule has 2 saturated heterocycles. The van der Waals surface area contributed by atoms with Crippen molar-refractivity contribution in [2.45, 2.75) is 11.3 Å². The maximum atomic E-state index is 13.4. The Morgan fingerprint density at radius 1 is 0.800 bits per heavy atom. The van der Waals surface area contributed by atoms with E-state index in [1.165, 1.54) is 0 Å². The first-order chi connectivity index (χ1) is 4.66. The molecule has 10 heavy (non-hydrogen) atoms. The van der Waals surface area contributed by atoms with Crippen molar-refractivity contribution in [2.75, 3.05) is 26.2 Å². The van der Waals surface area contributed by atoms with Gasteiger partial charge in [-0.2, -0.15) is 0 Å². The van der Waals surface area contributed by atoms with Gasteiger partial charge >= 0.3 is 0 Å². The molecule has 0 radical (unpaired) electrons. The second-order valence-corrected chi connectivity index (χ2v) is 3.14. The maximum Gasteiger partial charge on any atom is 0.171 e. The van der Waals surface area contributed by atoms with Crippen LogP contribution in [-0.2, 0) is 0 Å². The average molecular weight is 148 g/mol. The molecule has 0 amide bonds. The van der Waals surface area contributed by atoms with Gasteiger partial charge in [0, 0.05) is 26.2 Å². The number of fused-ring (bicyclic) bond motifs is 1. The lowest BCUT2D eigenvalue weighted by Crippen LogP contribution is -2.44. The lowest BCUT2D eigenvalue weighted by molar-refractivity contribution is 0.0491. The Labute approximate surface area is 58.0 Å². The first-order valence-electron chi connectivity index (χ1n) is 3.46. The van der Waals surface area contributed by atoms with Crippen molar-refractivity contribution in [2.24, 2.45) is 0 Å². The highest BCUT2D eigenvalue weighted by Gasteiger charge is 2.60. The third kappa shape index (κ3) is 0.582. The largest absolute Gasteiger partial charge is 0.310 e. The van der Waals surface area contributed by atoms with Crippen LogP contribution in [0.15, 0.2) is 0 Å². The van der Waals surface area contributed by atoms with E-state index in [0.717, 1.165) is 0 Å². The van der Waals surface area contributed by atoms with E-state index in [2.05, 4.69) is 10.6 Å². The normalized spacial score (nSPS) is 53.4. The number of nitrogens with one attached hydrogen (secondary N) is 2. The monoisotopic (exact) mass is 148 g/mol. The first kappa shape index (κ1) is 6.49. The molecule has 0 saturated carbocycles. The van der Waals surface area contributed by atoms with Gasteiger partial charge in [0.1, 0.15) is 0 Å². The molecule has 2 fully saturated rings. The molecular formula is C6H10F2N2. The summed E-state index contributed by atoms with van der Waals surface area (Å²) >= 11 is 0. The fourth-order valence-corrected chi connectivity index (χ4v) is 1.68. The van der Waals surface area contributed by atoms with Crippen LogP contribution in [0, 0.1) is 0 Å². The maximum absolute atomic E-state index is 13.4. The topological polar surface area (TPSA) is 24.1 Å². The summed E-state index contributed by atoms with van der Waals surface area (Å²) in [4.78, 5) is 0. The first-order valence-corrected chi connectivity index (χ1v) is 3.46. The summed E-state index contributed by atoms with van der Waals surface area (Å²) < 4.78 is 26.8. The van der Waals surface area contributed by atoms with Crippen LogP contribution in [-0.4, -0.2) is 37.5 Å². The number of hydrogen-bond donors (Lipinski definition) is 2. The van der Waals surface area contributed by atoms with E-state index < -0.39 is 11.3 Å². The zero-order valence-electron chi connectivity index (χ0n) is 5.58. The highest BCUT2D eigenvalue weighted by Crippen LogP contribution is 2.36. The molecule has 2 nitrogen and oxygen atoms in total. The molecular weight excluding hydrogens is 138 g/mol. The van der Waals surface area contributed by atoms with Crippen LogP contribution < -0.4 is 10.6 Å². The predicted molar refractivity (Wildman–Crippen MR) is 33.4 cm³/mol. The van der Waals surface area contributed by atoms with Crippen molar-refractivity contribution in [1.29, 1.82) is 0 Å². The summed E-state index contributed by atoms with van der Waals surface area (Å²) in [6.07, 6.45) is 0. The molecule has 0 atom stereocenters. The van der Waals surface area contributed by atoms with Gasteiger partial charge in [-0.05, 0) is 0 Å². The van der Waals surface area contributed by atoms with Crippen LogP contribution in [0.4, 0.5) is 8.78 Å². The zero-order chi connectivity index (χ0) is 7.24. The van der Waals surface area contributed by atoms with E-state index in [1.54, 1.807) is 0 Å². The standard InChI is InChI=1S/C6H10F2N2/c7-5-1-9-3-6(5,8)4-10-2-5/h9-10H,1-4H2. The fourth-order valence-electron chi connectivity index (χ4n) is 1.68. The number of hydrogen-bond acceptors (Lipinski definition) is 2. The number of halogens is 2. The summed E-state index contributed by atoms with van der Waals surface area (Å²) in [6.45, 7) is 0.597. The van der Waals surface area contributed by atoms with Gasteiger partial charge in [-0.1, -0.05) is 0 Å². The third-order valence-corrected chi connectivity index (χ3v) is 2.42. The highest BCUT2D eigenvalue weighted by atomic mass is 19.2. The second-order valence-electron chi connectivity index (χ2n) is 3.14. The van der Waals surface area contributed by atoms with Gasteiger partial charge in [-0.3, -0.25) is 0 Å². The predicted octanol–water partition coefficient (Wildman–Crippen LogP) is -0.391. The Morgan fingerprint density at radius 3 is 1.40 bits per heavy atom. The Balaban J connectivity index is 2.30. The Morgan fingerprint density at radius 2 is 1.10 bits per heavy atom. The minimum atomic E-state index is -1.65. The summed E-state index contributed by atoms with van der Waals surface area (Å²) in [6, 6.07) is 0. The van der Waals surface area contributed by atoms with Gasteiger partial charge in [0.15, 0.2) is 11.3 Å². The van der Waals surface area contributed by atoms with Crippen LogP contribution in [0.5, 0.6) is 0 Å². The fraction of sp³-hybridized carbons (Fsp3) is 1.00. The molecule has 2 aliphatic heterocycles. The Bertz CT molecular complexity index is 134. The third-order valence-electron chi connectivity index (χ3n) is 2.42. The molecule has 58 valence electrons. The molecule has 0 spiro atoms. The van der Waals surface area contributed by atoms with Crippen LogP contribution in [0.25, 0.3) is 0 Å². The van der Waals surface area contributed by atoms with E-state index in [1.807, 2.05) is 0 Å². The molecule has 0 aromatic heterocycles. The van der Waals surface area contributed by atoms with E-state index in [9.17, 15) is 8.78 Å². The van der Waals surface area contributed by atoms with Gasteiger partial charge in [0.25, 0.3) is 0 Å². The smallest absolute Gasteiger partial charge is 0.171 e. The quantitative estimate of drug-likeness (QED) is 0.489. The minimum Gasteiger partial charge on any atom is -0.310 e. The van der Waals surface area contributed by atoms with Crippen LogP contribution in [0.2, 0.25) is 0 Å². The van der Waals surface area contributed by atoms with Gasteiger partial charge in [-0.25, -0.2) is 8.78 Å². The van der Waals surface area contributed by atoms with Gasteiger partial charge in [0.2, 0.25) is 0 Å². The molecule has 2 N–H and O–H groups in total. The van der Waals surface area contributed by atoms with Gasteiger partial charge in [-0.15, -0.1) is 0 Å². The van der Waals surface area contributed by atoms with Crippen molar-refractivity contribution in [3.63, 3.8) is 0 Å². The van der Waals surface area contributed by atoms with Crippen LogP contribution in [0.1, 0.15) is 0 Å². The molecule has 0 bridgehead atoms. The van der Waals surface area contributed by atoms with Crippen molar-refractivity contribution >= 4 is 0 Å². The lowest BCUT2D eigenvalue weighted by atomic mass is 9.94. The summed E-state index contributed by atoms with van der Waals surface area (Å²) in [7, 11) is 0. The van der Waals surface area contributed by atoms with E-state index in [-0.39, 0.29) is 26.2 Å². The van der Waals surface area contributed by atoms with Crippen molar-refractivity contribution in [1.82, 2.24) is 10.6 Å². The highest BCUT2D eigenvalue weighted by molar-refractivity contribution is 5.15. The summed E-state index contributed by atoms with van der Waals surface area (Å²) in [5.41, 5.74) is -3.29. The second kappa shape index (κ2) is 1.68. The van der Waals surface area contributed by atoms with E-state index in [0.29, 0.717) is 0 Å². The molecule has 2 heterocycles. The molecule has 2 aliphatic rings. The zero-order valence-corrected chi connectivity index (χ0v) is 5.58. The van der Waals surface area contributed by atoms with Crippen LogP contribution >= 0.6 is 0 Å². The molecule has 0 aromatic carbocycles.